The van der Waals surface area contributed by atoms with Crippen LogP contribution in [0.25, 0.3) is 0 Å². The molecule has 0 bridgehead atoms. The van der Waals surface area contributed by atoms with Crippen LogP contribution in [0.1, 0.15) is 54.4 Å². The number of benzene rings is 1. The molecule has 0 radical (unpaired) electrons. The molecule has 2 aliphatic heterocycles. The van der Waals surface area contributed by atoms with Crippen molar-refractivity contribution in [3.8, 4) is 5.75 Å². The Hall–Kier alpha value is -2.96. The highest BCUT2D eigenvalue weighted by atomic mass is 16.5. The predicted molar refractivity (Wildman–Crippen MR) is 117 cm³/mol. The van der Waals surface area contributed by atoms with Crippen LogP contribution in [0.15, 0.2) is 43.0 Å². The Kier molecular flexibility index (Phi) is 6.79. The van der Waals surface area contributed by atoms with Crippen molar-refractivity contribution in [2.75, 3.05) is 26.2 Å². The normalized spacial score (nSPS) is 19.7. The fourth-order valence-electron chi connectivity index (χ4n) is 4.64. The Morgan fingerprint density at radius 3 is 2.61 bits per heavy atom. The molecule has 1 aromatic heterocycles. The molecule has 2 amide bonds. The lowest BCUT2D eigenvalue weighted by Crippen LogP contribution is -2.50. The van der Waals surface area contributed by atoms with Crippen LogP contribution in [-0.4, -0.2) is 52.9 Å². The number of aryl methyl sites for hydroxylation is 1. The topological polar surface area (TPSA) is 84.4 Å². The van der Waals surface area contributed by atoms with E-state index in [0.29, 0.717) is 44.6 Å². The monoisotopic (exact) mass is 422 g/mol. The number of carbonyl (C=O) groups excluding carboxylic acids is 2. The molecule has 0 atom stereocenters. The van der Waals surface area contributed by atoms with Crippen molar-refractivity contribution in [3.63, 3.8) is 0 Å². The first-order chi connectivity index (χ1) is 15.2. The zero-order valence-corrected chi connectivity index (χ0v) is 17.9. The zero-order valence-electron chi connectivity index (χ0n) is 17.9. The Balaban J connectivity index is 1.40. The van der Waals surface area contributed by atoms with E-state index in [-0.39, 0.29) is 11.8 Å². The van der Waals surface area contributed by atoms with Crippen LogP contribution >= 0.6 is 0 Å². The van der Waals surface area contributed by atoms with Gasteiger partial charge in [-0.25, -0.2) is 9.97 Å². The molecule has 1 saturated heterocycles. The summed E-state index contributed by atoms with van der Waals surface area (Å²) in [6.07, 6.45) is 10.9. The van der Waals surface area contributed by atoms with Gasteiger partial charge in [0, 0.05) is 25.5 Å². The predicted octanol–water partition coefficient (Wildman–Crippen LogP) is 3.01. The van der Waals surface area contributed by atoms with Crippen molar-refractivity contribution >= 4 is 11.8 Å². The molecule has 2 aromatic rings. The average Bonchev–Trinajstić information content (AvgIpc) is 2.83. The highest BCUT2D eigenvalue weighted by molar-refractivity contribution is 5.94. The number of nitrogens with zero attached hydrogens (tertiary/aromatic N) is 3. The number of likely N-dealkylation sites (tertiary alicyclic amines) is 1. The number of aromatic nitrogens is 2. The summed E-state index contributed by atoms with van der Waals surface area (Å²) < 4.78 is 5.94. The number of rotatable bonds is 1. The molecule has 7 nitrogen and oxygen atoms in total. The summed E-state index contributed by atoms with van der Waals surface area (Å²) in [4.78, 5) is 35.6. The van der Waals surface area contributed by atoms with Gasteiger partial charge in [0.15, 0.2) is 0 Å². The van der Waals surface area contributed by atoms with E-state index >= 15 is 0 Å². The lowest BCUT2D eigenvalue weighted by molar-refractivity contribution is -0.134. The SMILES string of the molecule is O=C(c1cncnc1)N1CCC2(CCCCCc3ccccc3OCCNC2=O)CC1. The maximum absolute atomic E-state index is 13.2. The zero-order chi connectivity index (χ0) is 21.5. The first-order valence-corrected chi connectivity index (χ1v) is 11.2. The summed E-state index contributed by atoms with van der Waals surface area (Å²) >= 11 is 0. The van der Waals surface area contributed by atoms with Gasteiger partial charge in [-0.05, 0) is 43.7 Å². The number of piperidine rings is 1. The van der Waals surface area contributed by atoms with E-state index in [1.807, 2.05) is 23.1 Å². The molecule has 31 heavy (non-hydrogen) atoms. The summed E-state index contributed by atoms with van der Waals surface area (Å²) in [5.41, 5.74) is 1.32. The molecular weight excluding hydrogens is 392 g/mol. The largest absolute Gasteiger partial charge is 0.491 e. The highest BCUT2D eigenvalue weighted by Gasteiger charge is 2.41. The van der Waals surface area contributed by atoms with Gasteiger partial charge in [-0.15, -0.1) is 0 Å². The number of carbonyl (C=O) groups is 2. The number of fused-ring (bicyclic) bond motifs is 1. The second kappa shape index (κ2) is 9.90. The Morgan fingerprint density at radius 1 is 1.03 bits per heavy atom. The molecule has 4 rings (SSSR count). The highest BCUT2D eigenvalue weighted by Crippen LogP contribution is 2.38. The minimum atomic E-state index is -0.412. The van der Waals surface area contributed by atoms with Crippen molar-refractivity contribution in [1.29, 1.82) is 0 Å². The molecule has 0 unspecified atom stereocenters. The number of nitrogens with one attached hydrogen (secondary N) is 1. The summed E-state index contributed by atoms with van der Waals surface area (Å²) in [6, 6.07) is 8.16. The molecule has 0 aliphatic carbocycles. The molecule has 1 fully saturated rings. The van der Waals surface area contributed by atoms with E-state index in [2.05, 4.69) is 21.4 Å². The third kappa shape index (κ3) is 5.03. The Morgan fingerprint density at radius 2 is 1.81 bits per heavy atom. The van der Waals surface area contributed by atoms with Gasteiger partial charge in [-0.3, -0.25) is 9.59 Å². The summed E-state index contributed by atoms with van der Waals surface area (Å²) in [7, 11) is 0. The number of hydrogen-bond acceptors (Lipinski definition) is 5. The van der Waals surface area contributed by atoms with Crippen molar-refractivity contribution < 1.29 is 14.3 Å². The van der Waals surface area contributed by atoms with Gasteiger partial charge in [0.1, 0.15) is 18.7 Å². The van der Waals surface area contributed by atoms with E-state index < -0.39 is 5.41 Å². The van der Waals surface area contributed by atoms with Crippen molar-refractivity contribution in [2.45, 2.75) is 44.9 Å². The minimum absolute atomic E-state index is 0.0633. The molecular formula is C24H30N4O3. The van der Waals surface area contributed by atoms with E-state index in [4.69, 9.17) is 4.74 Å². The van der Waals surface area contributed by atoms with Crippen molar-refractivity contribution in [3.05, 3.63) is 54.1 Å². The van der Waals surface area contributed by atoms with Crippen LogP contribution in [0.5, 0.6) is 5.75 Å². The molecule has 1 N–H and O–H groups in total. The second-order valence-electron chi connectivity index (χ2n) is 8.47. The Labute approximate surface area is 183 Å². The first kappa shape index (κ1) is 21.3. The second-order valence-corrected chi connectivity index (χ2v) is 8.47. The quantitative estimate of drug-likeness (QED) is 0.764. The van der Waals surface area contributed by atoms with Crippen LogP contribution in [0, 0.1) is 5.41 Å². The third-order valence-electron chi connectivity index (χ3n) is 6.52. The Bertz CT molecular complexity index is 895. The molecule has 1 spiro atoms. The van der Waals surface area contributed by atoms with Crippen LogP contribution in [0.2, 0.25) is 0 Å². The van der Waals surface area contributed by atoms with Crippen molar-refractivity contribution in [1.82, 2.24) is 20.2 Å². The standard InChI is InChI=1S/C24H30N4O3/c29-22(20-16-25-18-26-17-20)28-13-10-24(11-14-28)9-5-1-2-6-19-7-3-4-8-21(19)31-15-12-27-23(24)30/h3-4,7-8,16-18H,1-2,5-6,9-15H2,(H,27,30). The van der Waals surface area contributed by atoms with E-state index in [9.17, 15) is 9.59 Å². The maximum Gasteiger partial charge on any atom is 0.256 e. The first-order valence-electron chi connectivity index (χ1n) is 11.2. The van der Waals surface area contributed by atoms with E-state index in [0.717, 1.165) is 37.9 Å². The van der Waals surface area contributed by atoms with Crippen LogP contribution < -0.4 is 10.1 Å². The number of amides is 2. The molecule has 164 valence electrons. The van der Waals surface area contributed by atoms with Gasteiger partial charge in [0.25, 0.3) is 5.91 Å². The van der Waals surface area contributed by atoms with Gasteiger partial charge in [-0.2, -0.15) is 0 Å². The van der Waals surface area contributed by atoms with Gasteiger partial charge < -0.3 is 15.0 Å². The molecule has 0 saturated carbocycles. The summed E-state index contributed by atoms with van der Waals surface area (Å²) in [5.74, 6) is 0.952. The van der Waals surface area contributed by atoms with Gasteiger partial charge in [-0.1, -0.05) is 31.0 Å². The smallest absolute Gasteiger partial charge is 0.256 e. The molecule has 3 heterocycles. The number of hydrogen-bond donors (Lipinski definition) is 1. The molecule has 7 heteroatoms. The van der Waals surface area contributed by atoms with E-state index in [1.165, 1.54) is 11.9 Å². The van der Waals surface area contributed by atoms with Crippen molar-refractivity contribution in [2.24, 2.45) is 5.41 Å². The number of ether oxygens (including phenoxy) is 1. The summed E-state index contributed by atoms with van der Waals surface area (Å²) in [5, 5.41) is 3.10. The van der Waals surface area contributed by atoms with Crippen LogP contribution in [-0.2, 0) is 11.2 Å². The van der Waals surface area contributed by atoms with Gasteiger partial charge in [0.2, 0.25) is 5.91 Å². The molecule has 1 aromatic carbocycles. The van der Waals surface area contributed by atoms with Gasteiger partial charge in [0.05, 0.1) is 17.5 Å². The van der Waals surface area contributed by atoms with E-state index in [1.54, 1.807) is 12.4 Å². The van der Waals surface area contributed by atoms with Gasteiger partial charge >= 0.3 is 0 Å². The average molecular weight is 423 g/mol. The number of para-hydroxylation sites is 1. The fraction of sp³-hybridized carbons (Fsp3) is 0.500. The lowest BCUT2D eigenvalue weighted by Gasteiger charge is -2.41. The summed E-state index contributed by atoms with van der Waals surface area (Å²) in [6.45, 7) is 2.09. The van der Waals surface area contributed by atoms with Crippen LogP contribution in [0.4, 0.5) is 0 Å². The van der Waals surface area contributed by atoms with Crippen LogP contribution in [0.3, 0.4) is 0 Å². The third-order valence-corrected chi connectivity index (χ3v) is 6.52. The lowest BCUT2D eigenvalue weighted by atomic mass is 9.73. The fourth-order valence-corrected chi connectivity index (χ4v) is 4.64. The minimum Gasteiger partial charge on any atom is -0.491 e. The maximum atomic E-state index is 13.2. The molecule has 2 aliphatic rings.